The highest BCUT2D eigenvalue weighted by Gasteiger charge is 2.27. The zero-order chi connectivity index (χ0) is 21.8. The summed E-state index contributed by atoms with van der Waals surface area (Å²) in [5, 5.41) is 6.86. The monoisotopic (exact) mass is 422 g/mol. The van der Waals surface area contributed by atoms with E-state index in [2.05, 4.69) is 15.5 Å². The largest absolute Gasteiger partial charge is 0.339 e. The highest BCUT2D eigenvalue weighted by atomic mass is 19.1. The number of anilines is 1. The molecule has 160 valence electrons. The molecular weight excluding hydrogens is 399 g/mol. The summed E-state index contributed by atoms with van der Waals surface area (Å²) in [4.78, 5) is 30.8. The van der Waals surface area contributed by atoms with Gasteiger partial charge in [0.1, 0.15) is 5.82 Å². The number of hydrogen-bond donors (Lipinski definition) is 1. The van der Waals surface area contributed by atoms with Gasteiger partial charge in [-0.2, -0.15) is 4.98 Å². The van der Waals surface area contributed by atoms with E-state index >= 15 is 0 Å². The maximum Gasteiger partial charge on any atom is 0.238 e. The topological polar surface area (TPSA) is 88.3 Å². The molecule has 1 fully saturated rings. The van der Waals surface area contributed by atoms with Gasteiger partial charge in [-0.25, -0.2) is 4.39 Å². The number of para-hydroxylation sites is 1. The van der Waals surface area contributed by atoms with E-state index in [1.165, 1.54) is 19.1 Å². The van der Waals surface area contributed by atoms with Crippen LogP contribution in [0.25, 0.3) is 11.4 Å². The Kier molecular flexibility index (Phi) is 6.18. The molecule has 0 spiro atoms. The van der Waals surface area contributed by atoms with Gasteiger partial charge < -0.3 is 9.84 Å². The number of hydrogen-bond acceptors (Lipinski definition) is 6. The zero-order valence-electron chi connectivity index (χ0n) is 17.2. The molecule has 2 heterocycles. The molecule has 0 bridgehead atoms. The van der Waals surface area contributed by atoms with Crippen molar-refractivity contribution >= 4 is 17.4 Å². The third-order valence-electron chi connectivity index (χ3n) is 5.35. The van der Waals surface area contributed by atoms with Crippen LogP contribution in [0.5, 0.6) is 0 Å². The van der Waals surface area contributed by atoms with Crippen molar-refractivity contribution in [2.45, 2.75) is 25.7 Å². The molecule has 1 aliphatic heterocycles. The molecule has 1 unspecified atom stereocenters. The number of benzene rings is 2. The molecule has 1 aliphatic rings. The molecule has 4 rings (SSSR count). The summed E-state index contributed by atoms with van der Waals surface area (Å²) in [6.45, 7) is 3.09. The SMILES string of the molecule is CC(=O)c1ccccc1NC(=O)CN1CCCC(c2nc(-c3ccc(F)cc3)no2)C1. The quantitative estimate of drug-likeness (QED) is 0.606. The summed E-state index contributed by atoms with van der Waals surface area (Å²) in [6, 6.07) is 12.9. The fourth-order valence-corrected chi connectivity index (χ4v) is 3.81. The number of nitrogens with one attached hydrogen (secondary N) is 1. The number of ketones is 1. The lowest BCUT2D eigenvalue weighted by Crippen LogP contribution is -2.40. The molecule has 8 heteroatoms. The van der Waals surface area contributed by atoms with Gasteiger partial charge in [0.05, 0.1) is 18.2 Å². The molecule has 1 saturated heterocycles. The molecule has 1 aromatic heterocycles. The Morgan fingerprint density at radius 2 is 1.97 bits per heavy atom. The van der Waals surface area contributed by atoms with Crippen molar-refractivity contribution in [3.63, 3.8) is 0 Å². The molecule has 1 N–H and O–H groups in total. The maximum absolute atomic E-state index is 13.1. The second-order valence-electron chi connectivity index (χ2n) is 7.69. The van der Waals surface area contributed by atoms with Gasteiger partial charge >= 0.3 is 0 Å². The van der Waals surface area contributed by atoms with Crippen molar-refractivity contribution in [3.8, 4) is 11.4 Å². The van der Waals surface area contributed by atoms with Crippen LogP contribution < -0.4 is 5.32 Å². The first-order chi connectivity index (χ1) is 15.0. The van der Waals surface area contributed by atoms with Crippen molar-refractivity contribution in [1.29, 1.82) is 0 Å². The number of nitrogens with zero attached hydrogens (tertiary/aromatic N) is 3. The Hall–Kier alpha value is -3.39. The Balaban J connectivity index is 1.38. The number of carbonyl (C=O) groups excluding carboxylic acids is 2. The van der Waals surface area contributed by atoms with E-state index in [-0.39, 0.29) is 30.0 Å². The van der Waals surface area contributed by atoms with Crippen molar-refractivity contribution in [2.75, 3.05) is 25.0 Å². The Labute approximate surface area is 179 Å². The van der Waals surface area contributed by atoms with Gasteiger partial charge in [0.25, 0.3) is 0 Å². The predicted octanol–water partition coefficient (Wildman–Crippen LogP) is 3.90. The standard InChI is InChI=1S/C23H23FN4O3/c1-15(29)19-6-2-3-7-20(19)25-21(30)14-28-12-4-5-17(13-28)23-26-22(27-31-23)16-8-10-18(24)11-9-16/h2-3,6-11,17H,4-5,12-14H2,1H3,(H,25,30). The molecule has 31 heavy (non-hydrogen) atoms. The van der Waals surface area contributed by atoms with Crippen LogP contribution in [-0.2, 0) is 4.79 Å². The minimum atomic E-state index is -0.320. The van der Waals surface area contributed by atoms with Crippen LogP contribution in [0.15, 0.2) is 53.1 Å². The van der Waals surface area contributed by atoms with Crippen molar-refractivity contribution in [3.05, 3.63) is 65.8 Å². The first kappa shape index (κ1) is 20.9. The third-order valence-corrected chi connectivity index (χ3v) is 5.35. The summed E-state index contributed by atoms with van der Waals surface area (Å²) in [5.41, 5.74) is 1.70. The molecule has 7 nitrogen and oxygen atoms in total. The fraction of sp³-hybridized carbons (Fsp3) is 0.304. The van der Waals surface area contributed by atoms with E-state index in [0.717, 1.165) is 19.4 Å². The lowest BCUT2D eigenvalue weighted by atomic mass is 9.98. The van der Waals surface area contributed by atoms with E-state index < -0.39 is 0 Å². The highest BCUT2D eigenvalue weighted by Crippen LogP contribution is 2.27. The van der Waals surface area contributed by atoms with E-state index in [4.69, 9.17) is 4.52 Å². The average molecular weight is 422 g/mol. The lowest BCUT2D eigenvalue weighted by Gasteiger charge is -2.30. The molecule has 1 atom stereocenters. The van der Waals surface area contributed by atoms with Crippen LogP contribution in [-0.4, -0.2) is 46.4 Å². The predicted molar refractivity (Wildman–Crippen MR) is 113 cm³/mol. The van der Waals surface area contributed by atoms with Crippen molar-refractivity contribution < 1.29 is 18.5 Å². The first-order valence-electron chi connectivity index (χ1n) is 10.2. The highest BCUT2D eigenvalue weighted by molar-refractivity contribution is 6.04. The molecule has 0 saturated carbocycles. The number of rotatable bonds is 6. The van der Waals surface area contributed by atoms with Gasteiger partial charge in [0.2, 0.25) is 17.6 Å². The van der Waals surface area contributed by atoms with Crippen LogP contribution in [0.3, 0.4) is 0 Å². The molecule has 0 aliphatic carbocycles. The van der Waals surface area contributed by atoms with Gasteiger partial charge in [0.15, 0.2) is 5.78 Å². The van der Waals surface area contributed by atoms with Crippen molar-refractivity contribution in [1.82, 2.24) is 15.0 Å². The lowest BCUT2D eigenvalue weighted by molar-refractivity contribution is -0.117. The average Bonchev–Trinajstić information content (AvgIpc) is 3.25. The molecule has 3 aromatic rings. The first-order valence-corrected chi connectivity index (χ1v) is 10.2. The van der Waals surface area contributed by atoms with E-state index in [1.807, 2.05) is 4.90 Å². The van der Waals surface area contributed by atoms with Gasteiger partial charge in [0, 0.05) is 17.7 Å². The van der Waals surface area contributed by atoms with E-state index in [9.17, 15) is 14.0 Å². The van der Waals surface area contributed by atoms with Crippen LogP contribution in [0.1, 0.15) is 41.9 Å². The smallest absolute Gasteiger partial charge is 0.238 e. The molecule has 1 amide bonds. The molecule has 0 radical (unpaired) electrons. The van der Waals surface area contributed by atoms with Crippen LogP contribution in [0, 0.1) is 5.82 Å². The minimum absolute atomic E-state index is 0.0211. The summed E-state index contributed by atoms with van der Waals surface area (Å²) < 4.78 is 18.6. The number of amides is 1. The number of aromatic nitrogens is 2. The van der Waals surface area contributed by atoms with E-state index in [1.54, 1.807) is 36.4 Å². The van der Waals surface area contributed by atoms with Gasteiger partial charge in [-0.3, -0.25) is 14.5 Å². The molecule has 2 aromatic carbocycles. The second kappa shape index (κ2) is 9.18. The van der Waals surface area contributed by atoms with Gasteiger partial charge in [-0.1, -0.05) is 17.3 Å². The normalized spacial score (nSPS) is 16.8. The Morgan fingerprint density at radius 3 is 2.74 bits per heavy atom. The number of carbonyl (C=O) groups is 2. The number of Topliss-reactive ketones (excluding diaryl/α,β-unsaturated/α-hetero) is 1. The van der Waals surface area contributed by atoms with Gasteiger partial charge in [-0.15, -0.1) is 0 Å². The number of halogens is 1. The number of piperidine rings is 1. The fourth-order valence-electron chi connectivity index (χ4n) is 3.81. The minimum Gasteiger partial charge on any atom is -0.339 e. The maximum atomic E-state index is 13.1. The van der Waals surface area contributed by atoms with Crippen molar-refractivity contribution in [2.24, 2.45) is 0 Å². The Bertz CT molecular complexity index is 1080. The second-order valence-corrected chi connectivity index (χ2v) is 7.69. The number of likely N-dealkylation sites (tertiary alicyclic amines) is 1. The summed E-state index contributed by atoms with van der Waals surface area (Å²) >= 11 is 0. The van der Waals surface area contributed by atoms with Crippen LogP contribution in [0.4, 0.5) is 10.1 Å². The summed E-state index contributed by atoms with van der Waals surface area (Å²) in [6.07, 6.45) is 1.78. The zero-order valence-corrected chi connectivity index (χ0v) is 17.2. The van der Waals surface area contributed by atoms with Crippen LogP contribution >= 0.6 is 0 Å². The van der Waals surface area contributed by atoms with Crippen LogP contribution in [0.2, 0.25) is 0 Å². The van der Waals surface area contributed by atoms with Gasteiger partial charge in [-0.05, 0) is 62.7 Å². The summed E-state index contributed by atoms with van der Waals surface area (Å²) in [7, 11) is 0. The Morgan fingerprint density at radius 1 is 1.19 bits per heavy atom. The molecular formula is C23H23FN4O3. The third kappa shape index (κ3) is 5.03. The van der Waals surface area contributed by atoms with E-state index in [0.29, 0.717) is 35.1 Å². The summed E-state index contributed by atoms with van der Waals surface area (Å²) in [5.74, 6) is 0.374.